The van der Waals surface area contributed by atoms with Crippen molar-refractivity contribution < 1.29 is 4.79 Å². The molecule has 0 atom stereocenters. The molecule has 0 bridgehead atoms. The lowest BCUT2D eigenvalue weighted by atomic mass is 10.2. The van der Waals surface area contributed by atoms with Gasteiger partial charge in [0.2, 0.25) is 5.91 Å². The molecule has 1 N–H and O–H groups in total. The molecule has 0 saturated heterocycles. The van der Waals surface area contributed by atoms with Crippen LogP contribution in [0.15, 0.2) is 30.5 Å². The van der Waals surface area contributed by atoms with Crippen LogP contribution in [0.25, 0.3) is 0 Å². The van der Waals surface area contributed by atoms with Crippen molar-refractivity contribution in [2.24, 2.45) is 0 Å². The van der Waals surface area contributed by atoms with E-state index in [1.54, 1.807) is 35.1 Å². The molecule has 1 amide bonds. The fraction of sp³-hybridized carbons (Fsp3) is 0.167. The lowest BCUT2D eigenvalue weighted by molar-refractivity contribution is -0.114. The largest absolute Gasteiger partial charge is 0.309 e. The third-order valence-electron chi connectivity index (χ3n) is 2.33. The van der Waals surface area contributed by atoms with Gasteiger partial charge < -0.3 is 5.32 Å². The molecule has 4 nitrogen and oxygen atoms in total. The van der Waals surface area contributed by atoms with E-state index in [4.69, 9.17) is 23.2 Å². The highest BCUT2D eigenvalue weighted by atomic mass is 35.5. The summed E-state index contributed by atoms with van der Waals surface area (Å²) < 4.78 is 1.67. The van der Waals surface area contributed by atoms with Gasteiger partial charge in [0.25, 0.3) is 0 Å². The van der Waals surface area contributed by atoms with E-state index in [0.717, 1.165) is 5.56 Å². The number of carbonyl (C=O) groups is 1. The third kappa shape index (κ3) is 3.03. The summed E-state index contributed by atoms with van der Waals surface area (Å²) in [6.07, 6.45) is 1.75. The molecule has 1 aromatic carbocycles. The van der Waals surface area contributed by atoms with Gasteiger partial charge in [0.05, 0.1) is 6.54 Å². The molecule has 1 aromatic heterocycles. The van der Waals surface area contributed by atoms with Crippen LogP contribution in [-0.2, 0) is 11.3 Å². The number of hydrogen-bond donors (Lipinski definition) is 1. The van der Waals surface area contributed by atoms with E-state index < -0.39 is 0 Å². The lowest BCUT2D eigenvalue weighted by Gasteiger charge is -2.06. The fourth-order valence-corrected chi connectivity index (χ4v) is 2.06. The van der Waals surface area contributed by atoms with E-state index in [-0.39, 0.29) is 5.91 Å². The molecule has 6 heteroatoms. The molecule has 0 aliphatic heterocycles. The molecular weight excluding hydrogens is 273 g/mol. The highest BCUT2D eigenvalue weighted by Crippen LogP contribution is 2.25. The molecule has 2 aromatic rings. The summed E-state index contributed by atoms with van der Waals surface area (Å²) in [4.78, 5) is 10.9. The Hall–Kier alpha value is -1.52. The van der Waals surface area contributed by atoms with Crippen molar-refractivity contribution in [2.75, 3.05) is 5.32 Å². The van der Waals surface area contributed by atoms with Crippen molar-refractivity contribution in [3.8, 4) is 0 Å². The zero-order valence-corrected chi connectivity index (χ0v) is 11.2. The molecule has 2 rings (SSSR count). The number of aromatic nitrogens is 2. The summed E-state index contributed by atoms with van der Waals surface area (Å²) in [6.45, 7) is 1.89. The maximum Gasteiger partial charge on any atom is 0.222 e. The van der Waals surface area contributed by atoms with E-state index in [9.17, 15) is 4.79 Å². The van der Waals surface area contributed by atoms with E-state index in [1.165, 1.54) is 6.92 Å². The van der Waals surface area contributed by atoms with E-state index in [2.05, 4.69) is 10.4 Å². The number of nitrogens with zero attached hydrogens (tertiary/aromatic N) is 2. The van der Waals surface area contributed by atoms with Crippen LogP contribution < -0.4 is 5.32 Å². The Morgan fingerprint density at radius 1 is 1.33 bits per heavy atom. The van der Waals surface area contributed by atoms with Gasteiger partial charge in [0.15, 0.2) is 5.82 Å². The van der Waals surface area contributed by atoms with Crippen molar-refractivity contribution in [3.05, 3.63) is 46.1 Å². The van der Waals surface area contributed by atoms with Crippen LogP contribution >= 0.6 is 23.2 Å². The summed E-state index contributed by atoms with van der Waals surface area (Å²) in [5.74, 6) is 0.349. The van der Waals surface area contributed by atoms with E-state index >= 15 is 0 Å². The maximum absolute atomic E-state index is 10.9. The third-order valence-corrected chi connectivity index (χ3v) is 3.03. The Labute approximate surface area is 115 Å². The van der Waals surface area contributed by atoms with Crippen molar-refractivity contribution in [1.29, 1.82) is 0 Å². The van der Waals surface area contributed by atoms with Crippen molar-refractivity contribution in [3.63, 3.8) is 0 Å². The minimum absolute atomic E-state index is 0.156. The quantitative estimate of drug-likeness (QED) is 0.940. The van der Waals surface area contributed by atoms with Crippen LogP contribution in [0.3, 0.4) is 0 Å². The van der Waals surface area contributed by atoms with Gasteiger partial charge in [-0.25, -0.2) is 0 Å². The van der Waals surface area contributed by atoms with Crippen LogP contribution in [-0.4, -0.2) is 15.7 Å². The first-order chi connectivity index (χ1) is 8.56. The SMILES string of the molecule is CC(=O)Nc1ccn(Cc2c(Cl)cccc2Cl)n1. The molecule has 0 aliphatic carbocycles. The second-order valence-electron chi connectivity index (χ2n) is 3.78. The second-order valence-corrected chi connectivity index (χ2v) is 4.59. The summed E-state index contributed by atoms with van der Waals surface area (Å²) in [5, 5.41) is 7.99. The summed E-state index contributed by atoms with van der Waals surface area (Å²) in [7, 11) is 0. The predicted molar refractivity (Wildman–Crippen MR) is 72.1 cm³/mol. The van der Waals surface area contributed by atoms with Crippen LogP contribution in [0.1, 0.15) is 12.5 Å². The number of carbonyl (C=O) groups excluding carboxylic acids is 1. The smallest absolute Gasteiger partial charge is 0.222 e. The van der Waals surface area contributed by atoms with Crippen LogP contribution in [0.5, 0.6) is 0 Å². The van der Waals surface area contributed by atoms with Crippen LogP contribution in [0.2, 0.25) is 10.0 Å². The highest BCUT2D eigenvalue weighted by molar-refractivity contribution is 6.35. The Kier molecular flexibility index (Phi) is 3.89. The average molecular weight is 284 g/mol. The molecular formula is C12H11Cl2N3O. The van der Waals surface area contributed by atoms with Gasteiger partial charge in [-0.3, -0.25) is 9.48 Å². The second kappa shape index (κ2) is 5.42. The molecule has 0 unspecified atom stereocenters. The van der Waals surface area contributed by atoms with Crippen molar-refractivity contribution in [1.82, 2.24) is 9.78 Å². The molecule has 0 saturated carbocycles. The number of amides is 1. The standard InChI is InChI=1S/C12H11Cl2N3O/c1-8(18)15-12-5-6-17(16-12)7-9-10(13)3-2-4-11(9)14/h2-6H,7H2,1H3,(H,15,16,18). The molecule has 94 valence electrons. The number of halogens is 2. The number of anilines is 1. The topological polar surface area (TPSA) is 46.9 Å². The van der Waals surface area contributed by atoms with Crippen molar-refractivity contribution in [2.45, 2.75) is 13.5 Å². The maximum atomic E-state index is 10.9. The summed E-state index contributed by atoms with van der Waals surface area (Å²) in [5.41, 5.74) is 0.804. The Bertz CT molecular complexity index is 560. The molecule has 0 spiro atoms. The first-order valence-electron chi connectivity index (χ1n) is 5.30. The normalized spacial score (nSPS) is 10.4. The minimum Gasteiger partial charge on any atom is -0.309 e. The van der Waals surface area contributed by atoms with Gasteiger partial charge in [-0.2, -0.15) is 5.10 Å². The molecule has 0 aliphatic rings. The fourth-order valence-electron chi connectivity index (χ4n) is 1.54. The summed E-state index contributed by atoms with van der Waals surface area (Å²) in [6, 6.07) is 7.06. The molecule has 1 heterocycles. The first-order valence-corrected chi connectivity index (χ1v) is 6.06. The van der Waals surface area contributed by atoms with Gasteiger partial charge in [-0.15, -0.1) is 0 Å². The van der Waals surface area contributed by atoms with Gasteiger partial charge in [-0.1, -0.05) is 29.3 Å². The Morgan fingerprint density at radius 2 is 2.00 bits per heavy atom. The average Bonchev–Trinajstić information content (AvgIpc) is 2.70. The minimum atomic E-state index is -0.156. The van der Waals surface area contributed by atoms with Crippen molar-refractivity contribution >= 4 is 34.9 Å². The number of benzene rings is 1. The number of nitrogens with one attached hydrogen (secondary N) is 1. The number of hydrogen-bond acceptors (Lipinski definition) is 2. The highest BCUT2D eigenvalue weighted by Gasteiger charge is 2.07. The Balaban J connectivity index is 2.19. The zero-order valence-electron chi connectivity index (χ0n) is 9.65. The van der Waals surface area contributed by atoms with Gasteiger partial charge >= 0.3 is 0 Å². The van der Waals surface area contributed by atoms with Gasteiger partial charge in [-0.05, 0) is 12.1 Å². The molecule has 18 heavy (non-hydrogen) atoms. The zero-order chi connectivity index (χ0) is 13.1. The van der Waals surface area contributed by atoms with Gasteiger partial charge in [0, 0.05) is 34.8 Å². The molecule has 0 radical (unpaired) electrons. The van der Waals surface area contributed by atoms with E-state index in [0.29, 0.717) is 22.4 Å². The first kappa shape index (κ1) is 12.9. The van der Waals surface area contributed by atoms with E-state index in [1.807, 2.05) is 0 Å². The van der Waals surface area contributed by atoms with Gasteiger partial charge in [0.1, 0.15) is 0 Å². The summed E-state index contributed by atoms with van der Waals surface area (Å²) >= 11 is 12.2. The van der Waals surface area contributed by atoms with Crippen LogP contribution in [0.4, 0.5) is 5.82 Å². The monoisotopic (exact) mass is 283 g/mol. The predicted octanol–water partition coefficient (Wildman–Crippen LogP) is 3.20. The Morgan fingerprint density at radius 3 is 2.61 bits per heavy atom. The lowest BCUT2D eigenvalue weighted by Crippen LogP contribution is -2.08. The van der Waals surface area contributed by atoms with Crippen LogP contribution in [0, 0.1) is 0 Å². The molecule has 0 fully saturated rings. The number of rotatable bonds is 3.